The molecule has 26 heavy (non-hydrogen) atoms. The van der Waals surface area contributed by atoms with Gasteiger partial charge in [0.25, 0.3) is 0 Å². The smallest absolute Gasteiger partial charge is 0.0166 e. The molecule has 2 aromatic rings. The van der Waals surface area contributed by atoms with Gasteiger partial charge in [-0.25, -0.2) is 0 Å². The first kappa shape index (κ1) is 20.5. The van der Waals surface area contributed by atoms with Crippen LogP contribution in [0, 0.1) is 13.8 Å². The highest BCUT2D eigenvalue weighted by atomic mass is 14.2. The van der Waals surface area contributed by atoms with Crippen molar-refractivity contribution in [2.45, 2.75) is 80.1 Å². The van der Waals surface area contributed by atoms with E-state index in [1.165, 1.54) is 44.5 Å². The molecule has 0 saturated heterocycles. The summed E-state index contributed by atoms with van der Waals surface area (Å²) in [5, 5.41) is 0. The van der Waals surface area contributed by atoms with E-state index < -0.39 is 0 Å². The first-order valence-corrected chi connectivity index (χ1v) is 10.4. The normalized spacial score (nSPS) is 11.0. The molecule has 0 aliphatic rings. The average molecular weight is 349 g/mol. The van der Waals surface area contributed by atoms with Crippen LogP contribution in [0.3, 0.4) is 0 Å². The number of hydrogen-bond acceptors (Lipinski definition) is 0. The van der Waals surface area contributed by atoms with Crippen molar-refractivity contribution in [2.24, 2.45) is 0 Å². The lowest BCUT2D eigenvalue weighted by molar-refractivity contribution is 0.954. The number of hydrogen-bond donors (Lipinski definition) is 0. The summed E-state index contributed by atoms with van der Waals surface area (Å²) >= 11 is 0. The van der Waals surface area contributed by atoms with Crippen molar-refractivity contribution in [1.29, 1.82) is 0 Å². The van der Waals surface area contributed by atoms with Gasteiger partial charge >= 0.3 is 0 Å². The summed E-state index contributed by atoms with van der Waals surface area (Å²) in [6, 6.07) is 9.35. The third-order valence-corrected chi connectivity index (χ3v) is 5.78. The predicted molar refractivity (Wildman–Crippen MR) is 117 cm³/mol. The van der Waals surface area contributed by atoms with Gasteiger partial charge in [0.1, 0.15) is 0 Å². The monoisotopic (exact) mass is 348 g/mol. The number of benzene rings is 2. The summed E-state index contributed by atoms with van der Waals surface area (Å²) in [5.74, 6) is 0. The van der Waals surface area contributed by atoms with E-state index in [4.69, 9.17) is 0 Å². The molecular weight excluding hydrogens is 312 g/mol. The minimum absolute atomic E-state index is 1.04. The highest BCUT2D eigenvalue weighted by molar-refractivity contribution is 5.71. The van der Waals surface area contributed by atoms with Crippen LogP contribution >= 0.6 is 0 Å². The Morgan fingerprint density at radius 3 is 1.96 bits per heavy atom. The maximum absolute atomic E-state index is 4.50. The Kier molecular flexibility index (Phi) is 7.26. The second-order valence-electron chi connectivity index (χ2n) is 7.46. The molecule has 2 rings (SSSR count). The number of allylic oxidation sites excluding steroid dienone is 1. The summed E-state index contributed by atoms with van der Waals surface area (Å²) in [7, 11) is 0. The largest absolute Gasteiger partial charge is 0.0952 e. The van der Waals surface area contributed by atoms with Gasteiger partial charge in [0.15, 0.2) is 0 Å². The number of aryl methyl sites for hydroxylation is 5. The van der Waals surface area contributed by atoms with E-state index >= 15 is 0 Å². The minimum atomic E-state index is 1.04. The molecule has 140 valence electrons. The van der Waals surface area contributed by atoms with E-state index in [0.717, 1.165) is 38.5 Å². The molecule has 0 unspecified atom stereocenters. The maximum Gasteiger partial charge on any atom is -0.0166 e. The number of rotatable bonds is 8. The molecular formula is C26H36. The SMILES string of the molecule is C=C(CCc1ccc(CC)c(C)c1)c1c(C)cc(CC)c(CC)c1CC. The van der Waals surface area contributed by atoms with E-state index in [0.29, 0.717) is 0 Å². The van der Waals surface area contributed by atoms with Crippen molar-refractivity contribution < 1.29 is 0 Å². The third-order valence-electron chi connectivity index (χ3n) is 5.78. The molecule has 0 heterocycles. The van der Waals surface area contributed by atoms with Crippen LogP contribution in [0.1, 0.15) is 78.6 Å². The fraction of sp³-hybridized carbons (Fsp3) is 0.462. The molecule has 0 heteroatoms. The van der Waals surface area contributed by atoms with Crippen LogP contribution in [0.2, 0.25) is 0 Å². The Balaban J connectivity index is 2.28. The van der Waals surface area contributed by atoms with Crippen LogP contribution in [0.5, 0.6) is 0 Å². The molecule has 0 saturated carbocycles. The summed E-state index contributed by atoms with van der Waals surface area (Å²) < 4.78 is 0. The van der Waals surface area contributed by atoms with Crippen molar-refractivity contribution in [1.82, 2.24) is 0 Å². The van der Waals surface area contributed by atoms with Crippen molar-refractivity contribution in [3.63, 3.8) is 0 Å². The second-order valence-corrected chi connectivity index (χ2v) is 7.46. The fourth-order valence-corrected chi connectivity index (χ4v) is 4.37. The molecule has 0 nitrogen and oxygen atoms in total. The molecule has 0 spiro atoms. The fourth-order valence-electron chi connectivity index (χ4n) is 4.37. The predicted octanol–water partition coefficient (Wildman–Crippen LogP) is 7.20. The third kappa shape index (κ3) is 4.29. The highest BCUT2D eigenvalue weighted by Crippen LogP contribution is 2.32. The lowest BCUT2D eigenvalue weighted by atomic mass is 9.84. The Morgan fingerprint density at radius 2 is 1.42 bits per heavy atom. The quantitative estimate of drug-likeness (QED) is 0.473. The van der Waals surface area contributed by atoms with Gasteiger partial charge in [-0.15, -0.1) is 0 Å². The summed E-state index contributed by atoms with van der Waals surface area (Å²) in [5.41, 5.74) is 13.0. The van der Waals surface area contributed by atoms with Crippen LogP contribution in [0.25, 0.3) is 5.57 Å². The van der Waals surface area contributed by atoms with Gasteiger partial charge in [-0.1, -0.05) is 58.5 Å². The Bertz CT molecular complexity index is 777. The van der Waals surface area contributed by atoms with E-state index in [9.17, 15) is 0 Å². The molecule has 0 aliphatic carbocycles. The first-order valence-electron chi connectivity index (χ1n) is 10.4. The Labute approximate surface area is 161 Å². The lowest BCUT2D eigenvalue weighted by Gasteiger charge is -2.21. The van der Waals surface area contributed by atoms with Crippen LogP contribution in [-0.4, -0.2) is 0 Å². The van der Waals surface area contributed by atoms with Gasteiger partial charge in [-0.3, -0.25) is 0 Å². The Hall–Kier alpha value is -1.82. The van der Waals surface area contributed by atoms with Crippen LogP contribution < -0.4 is 0 Å². The van der Waals surface area contributed by atoms with Gasteiger partial charge < -0.3 is 0 Å². The van der Waals surface area contributed by atoms with Crippen molar-refractivity contribution in [2.75, 3.05) is 0 Å². The van der Waals surface area contributed by atoms with Crippen LogP contribution in [0.15, 0.2) is 30.8 Å². The second kappa shape index (κ2) is 9.21. The van der Waals surface area contributed by atoms with E-state index in [-0.39, 0.29) is 0 Å². The van der Waals surface area contributed by atoms with Crippen molar-refractivity contribution >= 4 is 5.57 Å². The molecule has 0 N–H and O–H groups in total. The zero-order valence-electron chi connectivity index (χ0n) is 17.8. The topological polar surface area (TPSA) is 0 Å². The summed E-state index contributed by atoms with van der Waals surface area (Å²) in [4.78, 5) is 0. The molecule has 0 amide bonds. The summed E-state index contributed by atoms with van der Waals surface area (Å²) in [6.07, 6.45) is 6.55. The molecule has 0 aliphatic heterocycles. The molecule has 0 radical (unpaired) electrons. The van der Waals surface area contributed by atoms with Gasteiger partial charge in [-0.2, -0.15) is 0 Å². The van der Waals surface area contributed by atoms with Gasteiger partial charge in [0.2, 0.25) is 0 Å². The van der Waals surface area contributed by atoms with E-state index in [2.05, 4.69) is 72.4 Å². The Morgan fingerprint density at radius 1 is 0.769 bits per heavy atom. The zero-order chi connectivity index (χ0) is 19.3. The average Bonchev–Trinajstić information content (AvgIpc) is 2.64. The van der Waals surface area contributed by atoms with E-state index in [1.54, 1.807) is 5.56 Å². The summed E-state index contributed by atoms with van der Waals surface area (Å²) in [6.45, 7) is 18.1. The highest BCUT2D eigenvalue weighted by Gasteiger charge is 2.15. The van der Waals surface area contributed by atoms with Crippen molar-refractivity contribution in [3.8, 4) is 0 Å². The lowest BCUT2D eigenvalue weighted by Crippen LogP contribution is -2.06. The maximum atomic E-state index is 4.50. The van der Waals surface area contributed by atoms with Crippen LogP contribution in [-0.2, 0) is 32.1 Å². The molecule has 0 bridgehead atoms. The van der Waals surface area contributed by atoms with Crippen LogP contribution in [0.4, 0.5) is 0 Å². The molecule has 0 fully saturated rings. The molecule has 2 aromatic carbocycles. The minimum Gasteiger partial charge on any atom is -0.0952 e. The standard InChI is InChI=1S/C26H36/c1-8-22-15-14-21(16-19(22)6)13-12-18(5)26-20(7)17-23(9-2)24(10-3)25(26)11-4/h14-17H,5,8-13H2,1-4,6-7H3. The first-order chi connectivity index (χ1) is 12.5. The van der Waals surface area contributed by atoms with Gasteiger partial charge in [0.05, 0.1) is 0 Å². The van der Waals surface area contributed by atoms with Gasteiger partial charge in [0, 0.05) is 0 Å². The molecule has 0 atom stereocenters. The van der Waals surface area contributed by atoms with Crippen molar-refractivity contribution in [3.05, 3.63) is 75.4 Å². The van der Waals surface area contributed by atoms with E-state index in [1.807, 2.05) is 0 Å². The molecule has 0 aromatic heterocycles. The zero-order valence-corrected chi connectivity index (χ0v) is 17.8. The van der Waals surface area contributed by atoms with Gasteiger partial charge in [-0.05, 0) is 102 Å².